The third kappa shape index (κ3) is 4.17. The Bertz CT molecular complexity index is 1070. The summed E-state index contributed by atoms with van der Waals surface area (Å²) in [6.45, 7) is 3.29. The molecule has 1 aliphatic rings. The molecule has 0 unspecified atom stereocenters. The van der Waals surface area contributed by atoms with E-state index in [1.807, 2.05) is 38.5 Å². The van der Waals surface area contributed by atoms with Crippen molar-refractivity contribution in [3.05, 3.63) is 65.5 Å². The zero-order valence-electron chi connectivity index (χ0n) is 17.2. The second-order valence-electron chi connectivity index (χ2n) is 7.72. The minimum absolute atomic E-state index is 0.0274. The first-order chi connectivity index (χ1) is 14.0. The summed E-state index contributed by atoms with van der Waals surface area (Å²) in [6, 6.07) is 12.5. The van der Waals surface area contributed by atoms with E-state index in [1.54, 1.807) is 11.0 Å². The molecule has 0 radical (unpaired) electrons. The number of hydrogen-bond donors (Lipinski definition) is 1. The van der Waals surface area contributed by atoms with E-state index in [1.165, 1.54) is 10.9 Å². The van der Waals surface area contributed by atoms with Crippen LogP contribution in [0.25, 0.3) is 17.0 Å². The Balaban J connectivity index is 1.45. The maximum atomic E-state index is 12.6. The van der Waals surface area contributed by atoms with Crippen molar-refractivity contribution in [3.8, 4) is 0 Å². The molecule has 1 aromatic carbocycles. The van der Waals surface area contributed by atoms with Crippen LogP contribution in [0.1, 0.15) is 16.8 Å². The highest BCUT2D eigenvalue weighted by molar-refractivity contribution is 5.91. The Hall–Kier alpha value is -3.12. The molecule has 6 nitrogen and oxygen atoms in total. The summed E-state index contributed by atoms with van der Waals surface area (Å²) in [5.41, 5.74) is 4.38. The fourth-order valence-corrected chi connectivity index (χ4v) is 3.75. The summed E-state index contributed by atoms with van der Waals surface area (Å²) in [7, 11) is 5.97. The van der Waals surface area contributed by atoms with Gasteiger partial charge in [0.15, 0.2) is 0 Å². The predicted octanol–water partition coefficient (Wildman–Crippen LogP) is 3.10. The van der Waals surface area contributed by atoms with E-state index >= 15 is 0 Å². The number of para-hydroxylation sites is 1. The number of carbonyl (C=O) groups excluding carboxylic acids is 1. The van der Waals surface area contributed by atoms with E-state index in [4.69, 9.17) is 0 Å². The smallest absolute Gasteiger partial charge is 0.246 e. The molecule has 1 N–H and O–H groups in total. The largest absolute Gasteiger partial charge is 0.369 e. The van der Waals surface area contributed by atoms with Crippen molar-refractivity contribution in [1.29, 1.82) is 0 Å². The molecule has 0 atom stereocenters. The van der Waals surface area contributed by atoms with E-state index in [0.29, 0.717) is 6.54 Å². The van der Waals surface area contributed by atoms with Crippen molar-refractivity contribution in [1.82, 2.24) is 19.4 Å². The SMILES string of the molecule is CN1CCNc2ncc(/C=C/C(=O)N(C)Cc3cc4ccccc4n3C)cc2C1. The summed E-state index contributed by atoms with van der Waals surface area (Å²) in [6.07, 6.45) is 5.28. The molecule has 150 valence electrons. The number of rotatable bonds is 4. The number of amides is 1. The molecule has 1 aliphatic heterocycles. The van der Waals surface area contributed by atoms with E-state index < -0.39 is 0 Å². The fourth-order valence-electron chi connectivity index (χ4n) is 3.75. The number of nitrogens with zero attached hydrogens (tertiary/aromatic N) is 4. The van der Waals surface area contributed by atoms with Gasteiger partial charge < -0.3 is 19.7 Å². The summed E-state index contributed by atoms with van der Waals surface area (Å²) >= 11 is 0. The van der Waals surface area contributed by atoms with E-state index in [0.717, 1.165) is 42.3 Å². The molecule has 1 amide bonds. The average Bonchev–Trinajstić information content (AvgIpc) is 2.90. The zero-order chi connectivity index (χ0) is 20.4. The molecule has 0 fully saturated rings. The van der Waals surface area contributed by atoms with Crippen LogP contribution in [0.5, 0.6) is 0 Å². The number of hydrogen-bond acceptors (Lipinski definition) is 4. The van der Waals surface area contributed by atoms with E-state index in [-0.39, 0.29) is 5.91 Å². The Kier molecular flexibility index (Phi) is 5.36. The molecule has 0 bridgehead atoms. The van der Waals surface area contributed by atoms with Gasteiger partial charge in [0.25, 0.3) is 0 Å². The lowest BCUT2D eigenvalue weighted by atomic mass is 10.1. The van der Waals surface area contributed by atoms with Crippen molar-refractivity contribution in [2.45, 2.75) is 13.1 Å². The Morgan fingerprint density at radius 1 is 1.28 bits per heavy atom. The summed E-state index contributed by atoms with van der Waals surface area (Å²) in [4.78, 5) is 21.1. The zero-order valence-corrected chi connectivity index (χ0v) is 17.2. The van der Waals surface area contributed by atoms with E-state index in [2.05, 4.69) is 51.1 Å². The summed E-state index contributed by atoms with van der Waals surface area (Å²) in [5.74, 6) is 0.908. The quantitative estimate of drug-likeness (QED) is 0.697. The van der Waals surface area contributed by atoms with Crippen molar-refractivity contribution in [2.24, 2.45) is 7.05 Å². The average molecular weight is 390 g/mol. The topological polar surface area (TPSA) is 53.4 Å². The fraction of sp³-hybridized carbons (Fsp3) is 0.304. The minimum Gasteiger partial charge on any atom is -0.369 e. The molecular weight excluding hydrogens is 362 g/mol. The van der Waals surface area contributed by atoms with Crippen molar-refractivity contribution < 1.29 is 4.79 Å². The van der Waals surface area contributed by atoms with Crippen LogP contribution in [0.3, 0.4) is 0 Å². The Labute approximate surface area is 171 Å². The Morgan fingerprint density at radius 3 is 2.93 bits per heavy atom. The number of aryl methyl sites for hydroxylation is 1. The van der Waals surface area contributed by atoms with Crippen molar-refractivity contribution in [2.75, 3.05) is 32.5 Å². The third-order valence-electron chi connectivity index (χ3n) is 5.46. The molecule has 0 spiro atoms. The van der Waals surface area contributed by atoms with Gasteiger partial charge in [-0.25, -0.2) is 4.98 Å². The van der Waals surface area contributed by atoms with Gasteiger partial charge in [-0.3, -0.25) is 4.79 Å². The van der Waals surface area contributed by atoms with Crippen LogP contribution in [0.2, 0.25) is 0 Å². The molecule has 0 saturated heterocycles. The van der Waals surface area contributed by atoms with Gasteiger partial charge >= 0.3 is 0 Å². The first-order valence-electron chi connectivity index (χ1n) is 9.89. The number of benzene rings is 1. The number of anilines is 1. The van der Waals surface area contributed by atoms with Gasteiger partial charge in [-0.1, -0.05) is 18.2 Å². The lowest BCUT2D eigenvalue weighted by Gasteiger charge is -2.16. The first kappa shape index (κ1) is 19.2. The van der Waals surface area contributed by atoms with Gasteiger partial charge in [0.1, 0.15) is 5.82 Å². The number of likely N-dealkylation sites (N-methyl/N-ethyl adjacent to an activating group) is 2. The second kappa shape index (κ2) is 8.09. The predicted molar refractivity (Wildman–Crippen MR) is 117 cm³/mol. The second-order valence-corrected chi connectivity index (χ2v) is 7.72. The molecule has 3 aromatic rings. The molecular formula is C23H27N5O. The first-order valence-corrected chi connectivity index (χ1v) is 9.89. The third-order valence-corrected chi connectivity index (χ3v) is 5.46. The van der Waals surface area contributed by atoms with Gasteiger partial charge in [-0.15, -0.1) is 0 Å². The lowest BCUT2D eigenvalue weighted by Crippen LogP contribution is -2.25. The van der Waals surface area contributed by atoms with Crippen LogP contribution >= 0.6 is 0 Å². The highest BCUT2D eigenvalue weighted by Gasteiger charge is 2.13. The molecule has 29 heavy (non-hydrogen) atoms. The molecule has 4 rings (SSSR count). The molecule has 0 saturated carbocycles. The monoisotopic (exact) mass is 389 g/mol. The summed E-state index contributed by atoms with van der Waals surface area (Å²) < 4.78 is 2.14. The van der Waals surface area contributed by atoms with Gasteiger partial charge in [-0.2, -0.15) is 0 Å². The van der Waals surface area contributed by atoms with Crippen molar-refractivity contribution >= 4 is 28.7 Å². The number of aromatic nitrogens is 2. The van der Waals surface area contributed by atoms with Gasteiger partial charge in [-0.05, 0) is 42.3 Å². The standard InChI is InChI=1S/C23H27N5O/c1-26-11-10-24-23-19(15-26)12-17(14-25-23)8-9-22(29)27(2)16-20-13-18-6-4-5-7-21(18)28(20)3/h4-9,12-14H,10-11,15-16H2,1-3H3,(H,24,25)/b9-8+. The highest BCUT2D eigenvalue weighted by Crippen LogP contribution is 2.20. The number of carbonyl (C=O) groups is 1. The maximum absolute atomic E-state index is 12.6. The van der Waals surface area contributed by atoms with Gasteiger partial charge in [0.2, 0.25) is 5.91 Å². The van der Waals surface area contributed by atoms with Crippen LogP contribution in [-0.4, -0.2) is 52.4 Å². The molecule has 2 aromatic heterocycles. The minimum atomic E-state index is -0.0274. The lowest BCUT2D eigenvalue weighted by molar-refractivity contribution is -0.125. The number of fused-ring (bicyclic) bond motifs is 2. The number of nitrogens with one attached hydrogen (secondary N) is 1. The molecule has 6 heteroatoms. The molecule has 0 aliphatic carbocycles. The van der Waals surface area contributed by atoms with Gasteiger partial charge in [0.05, 0.1) is 6.54 Å². The van der Waals surface area contributed by atoms with Gasteiger partial charge in [0, 0.05) is 62.8 Å². The highest BCUT2D eigenvalue weighted by atomic mass is 16.2. The Morgan fingerprint density at radius 2 is 2.10 bits per heavy atom. The normalized spacial score (nSPS) is 14.6. The van der Waals surface area contributed by atoms with Crippen LogP contribution in [0.4, 0.5) is 5.82 Å². The van der Waals surface area contributed by atoms with Crippen LogP contribution < -0.4 is 5.32 Å². The molecule has 3 heterocycles. The van der Waals surface area contributed by atoms with E-state index in [9.17, 15) is 4.79 Å². The van der Waals surface area contributed by atoms with Crippen LogP contribution in [-0.2, 0) is 24.9 Å². The van der Waals surface area contributed by atoms with Crippen LogP contribution in [0, 0.1) is 0 Å². The summed E-state index contributed by atoms with van der Waals surface area (Å²) in [5, 5.41) is 4.55. The number of pyridine rings is 1. The van der Waals surface area contributed by atoms with Crippen molar-refractivity contribution in [3.63, 3.8) is 0 Å². The van der Waals surface area contributed by atoms with Crippen LogP contribution in [0.15, 0.2) is 48.7 Å². The maximum Gasteiger partial charge on any atom is 0.246 e.